The van der Waals surface area contributed by atoms with E-state index < -0.39 is 11.7 Å². The summed E-state index contributed by atoms with van der Waals surface area (Å²) >= 11 is 0. The van der Waals surface area contributed by atoms with Gasteiger partial charge in [-0.1, -0.05) is 0 Å². The van der Waals surface area contributed by atoms with Crippen LogP contribution in [0.15, 0.2) is 12.1 Å². The molecule has 0 aliphatic rings. The van der Waals surface area contributed by atoms with E-state index in [4.69, 9.17) is 14.7 Å². The molecule has 0 saturated carbocycles. The van der Waals surface area contributed by atoms with Crippen LogP contribution in [0.5, 0.6) is 11.5 Å². The van der Waals surface area contributed by atoms with Crippen molar-refractivity contribution in [3.05, 3.63) is 23.5 Å². The molecule has 5 nitrogen and oxygen atoms in total. The Morgan fingerprint density at radius 3 is 2.62 bits per heavy atom. The largest absolute Gasteiger partial charge is 0.493 e. The van der Waals surface area contributed by atoms with E-state index >= 15 is 0 Å². The summed E-state index contributed by atoms with van der Waals surface area (Å²) in [5.41, 5.74) is 1.76. The molecule has 0 saturated heterocycles. The number of carbonyl (C=O) groups excluding carboxylic acids is 1. The van der Waals surface area contributed by atoms with Gasteiger partial charge in [0.25, 0.3) is 0 Å². The predicted molar refractivity (Wildman–Crippen MR) is 53.1 cm³/mol. The molecule has 0 aliphatic carbocycles. The first-order valence-electron chi connectivity index (χ1n) is 4.45. The van der Waals surface area contributed by atoms with Crippen LogP contribution in [0.25, 0.3) is 0 Å². The number of amides is 1. The molecule has 0 bridgehead atoms. The van der Waals surface area contributed by atoms with E-state index in [1.165, 1.54) is 19.7 Å². The summed E-state index contributed by atoms with van der Waals surface area (Å²) < 4.78 is 23.1. The molecule has 88 valence electrons. The summed E-state index contributed by atoms with van der Waals surface area (Å²) in [6.45, 7) is 0. The van der Waals surface area contributed by atoms with Crippen molar-refractivity contribution in [2.24, 2.45) is 0 Å². The average Bonchev–Trinajstić information content (AvgIpc) is 2.28. The first kappa shape index (κ1) is 12.3. The molecule has 6 heteroatoms. The highest BCUT2D eigenvalue weighted by Gasteiger charge is 2.15. The number of ether oxygens (including phenoxy) is 2. The van der Waals surface area contributed by atoms with Crippen molar-refractivity contribution in [2.75, 3.05) is 14.2 Å². The number of hydrogen-bond donors (Lipinski definition) is 2. The first-order valence-corrected chi connectivity index (χ1v) is 4.45. The van der Waals surface area contributed by atoms with Crippen LogP contribution >= 0.6 is 0 Å². The highest BCUT2D eigenvalue weighted by molar-refractivity contribution is 5.78. The Balaban J connectivity index is 3.14. The van der Waals surface area contributed by atoms with E-state index in [0.29, 0.717) is 5.56 Å². The zero-order valence-corrected chi connectivity index (χ0v) is 8.91. The van der Waals surface area contributed by atoms with Gasteiger partial charge in [0, 0.05) is 11.6 Å². The maximum Gasteiger partial charge on any atom is 0.247 e. The summed E-state index contributed by atoms with van der Waals surface area (Å²) in [6, 6.07) is 2.30. The third-order valence-electron chi connectivity index (χ3n) is 2.00. The van der Waals surface area contributed by atoms with Gasteiger partial charge in [-0.15, -0.1) is 0 Å². The minimum atomic E-state index is -0.661. The summed E-state index contributed by atoms with van der Waals surface area (Å²) in [5.74, 6) is -0.736. The number of halogens is 1. The Labute approximate surface area is 91.7 Å². The molecule has 0 radical (unpaired) electrons. The Bertz CT molecular complexity index is 395. The minimum absolute atomic E-state index is 0.197. The third kappa shape index (κ3) is 2.60. The molecule has 0 spiro atoms. The molecule has 0 unspecified atom stereocenters. The Morgan fingerprint density at radius 1 is 1.44 bits per heavy atom. The molecule has 0 fully saturated rings. The number of methoxy groups -OCH3 is 2. The van der Waals surface area contributed by atoms with Gasteiger partial charge < -0.3 is 9.47 Å². The Hall–Kier alpha value is -1.82. The van der Waals surface area contributed by atoms with Gasteiger partial charge in [-0.05, 0) is 6.07 Å². The van der Waals surface area contributed by atoms with Gasteiger partial charge in [0.1, 0.15) is 5.82 Å². The van der Waals surface area contributed by atoms with Crippen LogP contribution in [0, 0.1) is 5.82 Å². The lowest BCUT2D eigenvalue weighted by molar-refractivity contribution is -0.128. The summed E-state index contributed by atoms with van der Waals surface area (Å²) in [5, 5.41) is 8.39. The Morgan fingerprint density at radius 2 is 2.12 bits per heavy atom. The second kappa shape index (κ2) is 5.32. The van der Waals surface area contributed by atoms with E-state index in [1.807, 2.05) is 0 Å². The lowest BCUT2D eigenvalue weighted by Crippen LogP contribution is -2.21. The monoisotopic (exact) mass is 229 g/mol. The van der Waals surface area contributed by atoms with Crippen LogP contribution in [-0.4, -0.2) is 25.3 Å². The molecule has 0 aromatic heterocycles. The molecule has 2 N–H and O–H groups in total. The highest BCUT2D eigenvalue weighted by Crippen LogP contribution is 2.32. The fourth-order valence-electron chi connectivity index (χ4n) is 1.35. The molecular weight excluding hydrogens is 217 g/mol. The molecule has 1 aromatic rings. The van der Waals surface area contributed by atoms with Crippen LogP contribution in [0.4, 0.5) is 4.39 Å². The summed E-state index contributed by atoms with van der Waals surface area (Å²) in [4.78, 5) is 11.0. The SMILES string of the molecule is COc1cc(F)cc(CC(=O)NO)c1OC. The van der Waals surface area contributed by atoms with E-state index in [1.54, 1.807) is 0 Å². The predicted octanol–water partition coefficient (Wildman–Crippen LogP) is 0.891. The lowest BCUT2D eigenvalue weighted by Gasteiger charge is -2.12. The fraction of sp³-hybridized carbons (Fsp3) is 0.300. The Kier molecular flexibility index (Phi) is 4.07. The van der Waals surface area contributed by atoms with E-state index in [9.17, 15) is 9.18 Å². The van der Waals surface area contributed by atoms with Gasteiger partial charge >= 0.3 is 0 Å². The van der Waals surface area contributed by atoms with E-state index in [-0.39, 0.29) is 17.9 Å². The van der Waals surface area contributed by atoms with E-state index in [0.717, 1.165) is 12.1 Å². The molecule has 16 heavy (non-hydrogen) atoms. The average molecular weight is 229 g/mol. The molecular formula is C10H12FNO4. The zero-order valence-electron chi connectivity index (χ0n) is 8.91. The maximum atomic E-state index is 13.2. The van der Waals surface area contributed by atoms with Crippen LogP contribution < -0.4 is 15.0 Å². The quantitative estimate of drug-likeness (QED) is 0.594. The molecule has 0 atom stereocenters. The van der Waals surface area contributed by atoms with Gasteiger partial charge in [-0.3, -0.25) is 10.0 Å². The van der Waals surface area contributed by atoms with Crippen molar-refractivity contribution in [3.8, 4) is 11.5 Å². The van der Waals surface area contributed by atoms with Gasteiger partial charge in [-0.25, -0.2) is 9.87 Å². The number of benzene rings is 1. The van der Waals surface area contributed by atoms with Gasteiger partial charge in [0.05, 0.1) is 20.6 Å². The van der Waals surface area contributed by atoms with Gasteiger partial charge in [-0.2, -0.15) is 0 Å². The lowest BCUT2D eigenvalue weighted by atomic mass is 10.1. The van der Waals surface area contributed by atoms with Crippen molar-refractivity contribution < 1.29 is 23.9 Å². The molecule has 0 heterocycles. The second-order valence-electron chi connectivity index (χ2n) is 3.01. The number of hydrogen-bond acceptors (Lipinski definition) is 4. The van der Waals surface area contributed by atoms with Crippen LogP contribution in [0.3, 0.4) is 0 Å². The summed E-state index contributed by atoms with van der Waals surface area (Å²) in [7, 11) is 2.75. The van der Waals surface area contributed by atoms with Crippen molar-refractivity contribution in [2.45, 2.75) is 6.42 Å². The standard InChI is InChI=1S/C10H12FNO4/c1-15-8-5-7(11)3-6(10(8)16-2)4-9(13)12-14/h3,5,14H,4H2,1-2H3,(H,12,13). The van der Waals surface area contributed by atoms with Crippen LogP contribution in [-0.2, 0) is 11.2 Å². The van der Waals surface area contributed by atoms with E-state index in [2.05, 4.69) is 0 Å². The van der Waals surface area contributed by atoms with Crippen LogP contribution in [0.1, 0.15) is 5.56 Å². The topological polar surface area (TPSA) is 67.8 Å². The van der Waals surface area contributed by atoms with Crippen molar-refractivity contribution >= 4 is 5.91 Å². The number of carbonyl (C=O) groups is 1. The molecule has 1 amide bonds. The highest BCUT2D eigenvalue weighted by atomic mass is 19.1. The fourth-order valence-corrected chi connectivity index (χ4v) is 1.35. The summed E-state index contributed by atoms with van der Waals surface area (Å²) in [6.07, 6.45) is -0.201. The number of rotatable bonds is 4. The van der Waals surface area contributed by atoms with Gasteiger partial charge in [0.2, 0.25) is 5.91 Å². The molecule has 1 rings (SSSR count). The van der Waals surface area contributed by atoms with Crippen molar-refractivity contribution in [1.29, 1.82) is 0 Å². The first-order chi connectivity index (χ1) is 7.62. The third-order valence-corrected chi connectivity index (χ3v) is 2.00. The van der Waals surface area contributed by atoms with Gasteiger partial charge in [0.15, 0.2) is 11.5 Å². The minimum Gasteiger partial charge on any atom is -0.493 e. The molecule has 1 aromatic carbocycles. The smallest absolute Gasteiger partial charge is 0.247 e. The number of nitrogens with one attached hydrogen (secondary N) is 1. The second-order valence-corrected chi connectivity index (χ2v) is 3.01. The van der Waals surface area contributed by atoms with Crippen molar-refractivity contribution in [1.82, 2.24) is 5.48 Å². The normalized spacial score (nSPS) is 9.75. The number of hydroxylamine groups is 1. The maximum absolute atomic E-state index is 13.2. The molecule has 0 aliphatic heterocycles. The zero-order chi connectivity index (χ0) is 12.1. The van der Waals surface area contributed by atoms with Crippen LogP contribution in [0.2, 0.25) is 0 Å². The van der Waals surface area contributed by atoms with Crippen molar-refractivity contribution in [3.63, 3.8) is 0 Å².